The lowest BCUT2D eigenvalue weighted by Gasteiger charge is -2.27. The summed E-state index contributed by atoms with van der Waals surface area (Å²) >= 11 is 1.25. The van der Waals surface area contributed by atoms with Crippen LogP contribution in [0.25, 0.3) is 0 Å². The van der Waals surface area contributed by atoms with E-state index in [2.05, 4.69) is 10.6 Å². The van der Waals surface area contributed by atoms with Crippen LogP contribution in [0.5, 0.6) is 5.75 Å². The molecule has 2 atom stereocenters. The zero-order valence-electron chi connectivity index (χ0n) is 23.8. The highest BCUT2D eigenvalue weighted by Crippen LogP contribution is 2.36. The number of anilines is 1. The highest BCUT2D eigenvalue weighted by Gasteiger charge is 2.42. The van der Waals surface area contributed by atoms with Gasteiger partial charge in [-0.05, 0) is 55.7 Å². The van der Waals surface area contributed by atoms with Gasteiger partial charge in [-0.25, -0.2) is 9.89 Å². The number of amidine groups is 2. The summed E-state index contributed by atoms with van der Waals surface area (Å²) in [6.07, 6.45) is 0.920. The number of ether oxygens (including phenoxy) is 1. The molecule has 3 aromatic rings. The lowest BCUT2D eigenvalue weighted by molar-refractivity contribution is -0.125. The van der Waals surface area contributed by atoms with Crippen molar-refractivity contribution in [2.24, 2.45) is 9.98 Å². The Bertz CT molecular complexity index is 1570. The van der Waals surface area contributed by atoms with Crippen LogP contribution in [0, 0.1) is 6.92 Å². The number of aliphatic imine (C=N–C) groups is 2. The van der Waals surface area contributed by atoms with Crippen molar-refractivity contribution in [3.05, 3.63) is 89.5 Å². The number of para-hydroxylation sites is 2. The van der Waals surface area contributed by atoms with E-state index in [1.165, 1.54) is 16.7 Å². The number of carbonyl (C=O) groups is 3. The number of nitrogens with zero attached hydrogens (tertiary/aromatic N) is 3. The fourth-order valence-corrected chi connectivity index (χ4v) is 5.88. The molecule has 9 nitrogen and oxygen atoms in total. The van der Waals surface area contributed by atoms with E-state index in [-0.39, 0.29) is 30.6 Å². The molecule has 3 aromatic carbocycles. The van der Waals surface area contributed by atoms with Crippen LogP contribution in [0.1, 0.15) is 42.9 Å². The van der Waals surface area contributed by atoms with Crippen LogP contribution in [-0.2, 0) is 20.9 Å². The third-order valence-corrected chi connectivity index (χ3v) is 8.37. The Morgan fingerprint density at radius 1 is 1.07 bits per heavy atom. The van der Waals surface area contributed by atoms with Gasteiger partial charge in [0.1, 0.15) is 17.6 Å². The van der Waals surface area contributed by atoms with Crippen LogP contribution in [-0.4, -0.2) is 52.0 Å². The predicted molar refractivity (Wildman–Crippen MR) is 166 cm³/mol. The number of hydrogen-bond donors (Lipinski definition) is 2. The maximum atomic E-state index is 13.7. The van der Waals surface area contributed by atoms with Crippen molar-refractivity contribution in [3.8, 4) is 5.75 Å². The fraction of sp³-hybridized carbons (Fsp3) is 0.281. The molecule has 216 valence electrons. The van der Waals surface area contributed by atoms with Gasteiger partial charge in [0.25, 0.3) is 5.91 Å². The molecule has 0 aliphatic carbocycles. The molecule has 2 aliphatic rings. The van der Waals surface area contributed by atoms with Gasteiger partial charge >= 0.3 is 0 Å². The van der Waals surface area contributed by atoms with Crippen molar-refractivity contribution >= 4 is 51.9 Å². The Balaban J connectivity index is 1.28. The van der Waals surface area contributed by atoms with Gasteiger partial charge in [0.2, 0.25) is 11.8 Å². The first-order chi connectivity index (χ1) is 20.4. The van der Waals surface area contributed by atoms with Gasteiger partial charge < -0.3 is 15.4 Å². The average molecular weight is 584 g/mol. The van der Waals surface area contributed by atoms with E-state index in [0.29, 0.717) is 35.4 Å². The largest absolute Gasteiger partial charge is 0.496 e. The molecular formula is C32H33N5O4S. The number of aryl methyl sites for hydroxylation is 1. The van der Waals surface area contributed by atoms with E-state index < -0.39 is 11.3 Å². The van der Waals surface area contributed by atoms with E-state index in [4.69, 9.17) is 14.7 Å². The number of benzene rings is 3. The number of rotatable bonds is 10. The Hall–Kier alpha value is -4.44. The molecule has 0 bridgehead atoms. The molecule has 0 radical (unpaired) electrons. The van der Waals surface area contributed by atoms with Crippen LogP contribution in [0.2, 0.25) is 0 Å². The van der Waals surface area contributed by atoms with Gasteiger partial charge in [0.15, 0.2) is 5.17 Å². The van der Waals surface area contributed by atoms with Crippen molar-refractivity contribution in [1.82, 2.24) is 10.2 Å². The third kappa shape index (κ3) is 6.38. The highest BCUT2D eigenvalue weighted by molar-refractivity contribution is 8.15. The summed E-state index contributed by atoms with van der Waals surface area (Å²) in [6, 6.07) is 21.9. The number of methoxy groups -OCH3 is 1. The Labute approximate surface area is 249 Å². The minimum absolute atomic E-state index is 0.133. The first-order valence-corrected chi connectivity index (χ1v) is 14.8. The van der Waals surface area contributed by atoms with Gasteiger partial charge in [0.05, 0.1) is 18.0 Å². The second-order valence-corrected chi connectivity index (χ2v) is 11.2. The van der Waals surface area contributed by atoms with Crippen molar-refractivity contribution in [1.29, 1.82) is 0 Å². The molecule has 0 saturated carbocycles. The van der Waals surface area contributed by atoms with E-state index in [0.717, 1.165) is 22.4 Å². The average Bonchev–Trinajstić information content (AvgIpc) is 3.34. The number of thioether (sulfide) groups is 1. The Kier molecular flexibility index (Phi) is 9.02. The summed E-state index contributed by atoms with van der Waals surface area (Å²) in [7, 11) is 1.59. The molecule has 0 fully saturated rings. The summed E-state index contributed by atoms with van der Waals surface area (Å²) in [5.41, 5.74) is 4.07. The summed E-state index contributed by atoms with van der Waals surface area (Å²) in [4.78, 5) is 50.6. The zero-order chi connectivity index (χ0) is 29.6. The van der Waals surface area contributed by atoms with Crippen molar-refractivity contribution in [2.75, 3.05) is 12.4 Å². The molecule has 10 heteroatoms. The van der Waals surface area contributed by atoms with Gasteiger partial charge in [-0.1, -0.05) is 61.2 Å². The van der Waals surface area contributed by atoms with Crippen molar-refractivity contribution < 1.29 is 19.1 Å². The fourth-order valence-electron chi connectivity index (χ4n) is 4.86. The predicted octanol–water partition coefficient (Wildman–Crippen LogP) is 5.21. The number of amides is 3. The molecule has 5 rings (SSSR count). The zero-order valence-corrected chi connectivity index (χ0v) is 24.6. The summed E-state index contributed by atoms with van der Waals surface area (Å²) in [5.74, 6) is 0.607. The van der Waals surface area contributed by atoms with Gasteiger partial charge in [-0.3, -0.25) is 19.4 Å². The summed E-state index contributed by atoms with van der Waals surface area (Å²) in [6.45, 7) is 4.22. The normalized spacial score (nSPS) is 16.1. The van der Waals surface area contributed by atoms with E-state index in [9.17, 15) is 14.4 Å². The topological polar surface area (TPSA) is 112 Å². The number of fused-ring (bicyclic) bond motifs is 3. The van der Waals surface area contributed by atoms with Crippen molar-refractivity contribution in [2.45, 2.75) is 50.9 Å². The van der Waals surface area contributed by atoms with Gasteiger partial charge in [-0.2, -0.15) is 0 Å². The highest BCUT2D eigenvalue weighted by atomic mass is 32.2. The first kappa shape index (κ1) is 29.1. The molecule has 3 amide bonds. The lowest BCUT2D eigenvalue weighted by atomic mass is 10.1. The molecule has 42 heavy (non-hydrogen) atoms. The maximum absolute atomic E-state index is 13.7. The van der Waals surface area contributed by atoms with Crippen LogP contribution in [0.15, 0.2) is 82.8 Å². The van der Waals surface area contributed by atoms with Crippen LogP contribution in [0.4, 0.5) is 11.4 Å². The molecule has 2 N–H and O–H groups in total. The number of nitrogens with one attached hydrogen (secondary N) is 2. The third-order valence-electron chi connectivity index (χ3n) is 7.06. The van der Waals surface area contributed by atoms with Crippen molar-refractivity contribution in [3.63, 3.8) is 0 Å². The maximum Gasteiger partial charge on any atom is 0.259 e. The minimum Gasteiger partial charge on any atom is -0.496 e. The van der Waals surface area contributed by atoms with Gasteiger partial charge in [-0.15, -0.1) is 0 Å². The second-order valence-electron chi connectivity index (χ2n) is 10.1. The summed E-state index contributed by atoms with van der Waals surface area (Å²) < 4.78 is 5.35. The Morgan fingerprint density at radius 3 is 2.64 bits per heavy atom. The van der Waals surface area contributed by atoms with Crippen LogP contribution < -0.4 is 15.4 Å². The Morgan fingerprint density at radius 2 is 1.86 bits per heavy atom. The number of hydrogen-bond acceptors (Lipinski definition) is 7. The molecule has 0 spiro atoms. The first-order valence-electron chi connectivity index (χ1n) is 13.9. The number of carbonyl (C=O) groups excluding carboxylic acids is 3. The van der Waals surface area contributed by atoms with E-state index in [1.54, 1.807) is 7.11 Å². The van der Waals surface area contributed by atoms with Gasteiger partial charge in [0, 0.05) is 29.8 Å². The molecule has 0 saturated heterocycles. The molecule has 2 heterocycles. The lowest BCUT2D eigenvalue weighted by Crippen LogP contribution is -2.42. The SMILES string of the molecule is CC[C@@H](SC1=Nc2ccccc2C2=N[C@@H](CCC(=O)NCc3ccccc3OC)C(=O)N12)C(=O)Nc1cccc(C)c1. The molecule has 0 aromatic heterocycles. The summed E-state index contributed by atoms with van der Waals surface area (Å²) in [5, 5.41) is 5.82. The standard InChI is InChI=1S/C32H33N5O4S/c1-4-27(30(39)34-22-12-9-10-20(2)18-22)42-32-36-24-14-7-6-13-23(24)29-35-25(31(40)37(29)32)16-17-28(38)33-19-21-11-5-8-15-26(21)41-3/h5-15,18,25,27H,4,16-17,19H2,1-3H3,(H,33,38)(H,34,39)/t25-,27+/m0/s1. The van der Waals surface area contributed by atoms with E-state index >= 15 is 0 Å². The van der Waals surface area contributed by atoms with Crippen LogP contribution in [0.3, 0.4) is 0 Å². The molecule has 2 aliphatic heterocycles. The monoisotopic (exact) mass is 583 g/mol. The molecular weight excluding hydrogens is 550 g/mol. The second kappa shape index (κ2) is 13.0. The molecule has 0 unspecified atom stereocenters. The van der Waals surface area contributed by atoms with E-state index in [1.807, 2.05) is 86.6 Å². The minimum atomic E-state index is -0.727. The smallest absolute Gasteiger partial charge is 0.259 e. The van der Waals surface area contributed by atoms with Crippen LogP contribution >= 0.6 is 11.8 Å². The quantitative estimate of drug-likeness (QED) is 0.340.